The maximum Gasteiger partial charge on any atom is 0.329 e. The minimum Gasteiger partial charge on any atom is -0.486 e. The molecule has 3 rings (SSSR count). The SMILES string of the molecule is O=C(NC1(C(=O)O)CCC1)c1cccc2c1OCCO2. The lowest BCUT2D eigenvalue weighted by molar-refractivity contribution is -0.148. The average Bonchev–Trinajstić information content (AvgIpc) is 2.41. The van der Waals surface area contributed by atoms with Gasteiger partial charge in [0.2, 0.25) is 0 Å². The Balaban J connectivity index is 1.86. The van der Waals surface area contributed by atoms with Crippen molar-refractivity contribution in [3.63, 3.8) is 0 Å². The summed E-state index contributed by atoms with van der Waals surface area (Å²) in [6.45, 7) is 0.818. The number of ether oxygens (including phenoxy) is 2. The standard InChI is InChI=1S/C14H15NO5/c16-12(15-14(13(17)18)5-2-6-14)9-3-1-4-10-11(9)20-8-7-19-10/h1,3-4H,2,5-8H2,(H,15,16)(H,17,18). The van der Waals surface area contributed by atoms with Crippen LogP contribution in [-0.2, 0) is 4.79 Å². The van der Waals surface area contributed by atoms with E-state index >= 15 is 0 Å². The highest BCUT2D eigenvalue weighted by Gasteiger charge is 2.46. The number of para-hydroxylation sites is 1. The molecule has 2 aliphatic rings. The fraction of sp³-hybridized carbons (Fsp3) is 0.429. The second-order valence-corrected chi connectivity index (χ2v) is 5.02. The molecule has 20 heavy (non-hydrogen) atoms. The number of carboxylic acid groups (broad SMARTS) is 1. The fourth-order valence-corrected chi connectivity index (χ4v) is 2.46. The van der Waals surface area contributed by atoms with Crippen LogP contribution in [0.15, 0.2) is 18.2 Å². The number of amides is 1. The van der Waals surface area contributed by atoms with Crippen LogP contribution in [-0.4, -0.2) is 35.7 Å². The van der Waals surface area contributed by atoms with Crippen molar-refractivity contribution >= 4 is 11.9 Å². The highest BCUT2D eigenvalue weighted by atomic mass is 16.6. The van der Waals surface area contributed by atoms with Gasteiger partial charge in [0, 0.05) is 0 Å². The number of fused-ring (bicyclic) bond motifs is 1. The summed E-state index contributed by atoms with van der Waals surface area (Å²) in [6, 6.07) is 5.02. The summed E-state index contributed by atoms with van der Waals surface area (Å²) in [4.78, 5) is 23.6. The van der Waals surface area contributed by atoms with Crippen molar-refractivity contribution in [1.29, 1.82) is 0 Å². The Labute approximate surface area is 115 Å². The maximum absolute atomic E-state index is 12.3. The Morgan fingerprint density at radius 1 is 1.20 bits per heavy atom. The third kappa shape index (κ3) is 1.97. The minimum absolute atomic E-state index is 0.315. The van der Waals surface area contributed by atoms with Crippen LogP contribution in [0.4, 0.5) is 0 Å². The Morgan fingerprint density at radius 2 is 1.95 bits per heavy atom. The van der Waals surface area contributed by atoms with Crippen molar-refractivity contribution < 1.29 is 24.2 Å². The van der Waals surface area contributed by atoms with Gasteiger partial charge in [-0.1, -0.05) is 6.07 Å². The number of rotatable bonds is 3. The van der Waals surface area contributed by atoms with Crippen LogP contribution in [0.3, 0.4) is 0 Å². The number of carbonyl (C=O) groups is 2. The van der Waals surface area contributed by atoms with Crippen molar-refractivity contribution in [1.82, 2.24) is 5.32 Å². The molecule has 1 aliphatic heterocycles. The van der Waals surface area contributed by atoms with E-state index in [0.717, 1.165) is 6.42 Å². The highest BCUT2D eigenvalue weighted by molar-refractivity contribution is 6.01. The molecule has 1 heterocycles. The van der Waals surface area contributed by atoms with E-state index in [0.29, 0.717) is 43.1 Å². The number of carboxylic acids is 1. The molecule has 1 aromatic rings. The van der Waals surface area contributed by atoms with E-state index in [2.05, 4.69) is 5.32 Å². The molecule has 0 atom stereocenters. The maximum atomic E-state index is 12.3. The molecule has 1 fully saturated rings. The molecule has 0 spiro atoms. The van der Waals surface area contributed by atoms with E-state index in [-0.39, 0.29) is 0 Å². The first-order chi connectivity index (χ1) is 9.62. The zero-order chi connectivity index (χ0) is 14.2. The second-order valence-electron chi connectivity index (χ2n) is 5.02. The normalized spacial score (nSPS) is 18.8. The van der Waals surface area contributed by atoms with Crippen molar-refractivity contribution in [3.8, 4) is 11.5 Å². The van der Waals surface area contributed by atoms with Crippen LogP contribution in [0.5, 0.6) is 11.5 Å². The molecule has 6 heteroatoms. The van der Waals surface area contributed by atoms with Crippen molar-refractivity contribution in [2.24, 2.45) is 0 Å². The van der Waals surface area contributed by atoms with Gasteiger partial charge in [-0.25, -0.2) is 4.79 Å². The van der Waals surface area contributed by atoms with Gasteiger partial charge in [0.05, 0.1) is 5.56 Å². The van der Waals surface area contributed by atoms with Crippen molar-refractivity contribution in [2.45, 2.75) is 24.8 Å². The second kappa shape index (κ2) is 4.70. The zero-order valence-corrected chi connectivity index (χ0v) is 10.8. The molecule has 0 radical (unpaired) electrons. The summed E-state index contributed by atoms with van der Waals surface area (Å²) >= 11 is 0. The molecule has 0 aromatic heterocycles. The van der Waals surface area contributed by atoms with E-state index < -0.39 is 17.4 Å². The lowest BCUT2D eigenvalue weighted by atomic mass is 9.76. The molecule has 1 saturated carbocycles. The minimum atomic E-state index is -1.13. The summed E-state index contributed by atoms with van der Waals surface area (Å²) in [5, 5.41) is 11.9. The molecule has 1 amide bonds. The number of hydrogen-bond donors (Lipinski definition) is 2. The van der Waals surface area contributed by atoms with Gasteiger partial charge in [-0.05, 0) is 31.4 Å². The predicted molar refractivity (Wildman–Crippen MR) is 69.1 cm³/mol. The zero-order valence-electron chi connectivity index (χ0n) is 10.8. The van der Waals surface area contributed by atoms with Crippen LogP contribution in [0.2, 0.25) is 0 Å². The molecule has 0 unspecified atom stereocenters. The summed E-state index contributed by atoms with van der Waals surface area (Å²) in [7, 11) is 0. The fourth-order valence-electron chi connectivity index (χ4n) is 2.46. The third-order valence-corrected chi connectivity index (χ3v) is 3.78. The predicted octanol–water partition coefficient (Wildman–Crippen LogP) is 1.19. The Kier molecular flexibility index (Phi) is 3.00. The summed E-state index contributed by atoms with van der Waals surface area (Å²) in [5.41, 5.74) is -0.815. The van der Waals surface area contributed by atoms with Crippen LogP contribution in [0.1, 0.15) is 29.6 Å². The molecule has 0 saturated heterocycles. The summed E-state index contributed by atoms with van der Waals surface area (Å²) in [6.07, 6.45) is 1.72. The van der Waals surface area contributed by atoms with Crippen molar-refractivity contribution in [3.05, 3.63) is 23.8 Å². The van der Waals surface area contributed by atoms with Gasteiger partial charge in [0.1, 0.15) is 18.8 Å². The van der Waals surface area contributed by atoms with E-state index in [1.54, 1.807) is 18.2 Å². The molecule has 106 valence electrons. The van der Waals surface area contributed by atoms with Gasteiger partial charge in [-0.15, -0.1) is 0 Å². The average molecular weight is 277 g/mol. The Bertz CT molecular complexity index is 565. The van der Waals surface area contributed by atoms with Crippen LogP contribution >= 0.6 is 0 Å². The molecular weight excluding hydrogens is 262 g/mol. The van der Waals surface area contributed by atoms with Gasteiger partial charge in [0.15, 0.2) is 11.5 Å². The van der Waals surface area contributed by atoms with E-state index in [1.165, 1.54) is 0 Å². The van der Waals surface area contributed by atoms with E-state index in [4.69, 9.17) is 9.47 Å². The van der Waals surface area contributed by atoms with Crippen LogP contribution in [0.25, 0.3) is 0 Å². The van der Waals surface area contributed by atoms with Crippen LogP contribution in [0, 0.1) is 0 Å². The van der Waals surface area contributed by atoms with E-state index in [1.807, 2.05) is 0 Å². The number of carbonyl (C=O) groups excluding carboxylic acids is 1. The van der Waals surface area contributed by atoms with Gasteiger partial charge < -0.3 is 19.9 Å². The quantitative estimate of drug-likeness (QED) is 0.867. The Hall–Kier alpha value is -2.24. The number of benzene rings is 1. The van der Waals surface area contributed by atoms with Gasteiger partial charge in [-0.2, -0.15) is 0 Å². The highest BCUT2D eigenvalue weighted by Crippen LogP contribution is 2.36. The summed E-state index contributed by atoms with van der Waals surface area (Å²) in [5.74, 6) is -0.522. The lowest BCUT2D eigenvalue weighted by Crippen LogP contribution is -2.59. The molecule has 0 bridgehead atoms. The van der Waals surface area contributed by atoms with Gasteiger partial charge >= 0.3 is 5.97 Å². The molecule has 1 aliphatic carbocycles. The molecule has 1 aromatic carbocycles. The topological polar surface area (TPSA) is 84.9 Å². The monoisotopic (exact) mass is 277 g/mol. The summed E-state index contributed by atoms with van der Waals surface area (Å²) < 4.78 is 10.9. The number of nitrogens with one attached hydrogen (secondary N) is 1. The first-order valence-corrected chi connectivity index (χ1v) is 6.57. The smallest absolute Gasteiger partial charge is 0.329 e. The van der Waals surface area contributed by atoms with Gasteiger partial charge in [-0.3, -0.25) is 4.79 Å². The van der Waals surface area contributed by atoms with Crippen LogP contribution < -0.4 is 14.8 Å². The van der Waals surface area contributed by atoms with Gasteiger partial charge in [0.25, 0.3) is 5.91 Å². The van der Waals surface area contributed by atoms with E-state index in [9.17, 15) is 14.7 Å². The largest absolute Gasteiger partial charge is 0.486 e. The number of hydrogen-bond acceptors (Lipinski definition) is 4. The molecule has 2 N–H and O–H groups in total. The van der Waals surface area contributed by atoms with Crippen molar-refractivity contribution in [2.75, 3.05) is 13.2 Å². The molecule has 6 nitrogen and oxygen atoms in total. The lowest BCUT2D eigenvalue weighted by Gasteiger charge is -2.38. The number of aliphatic carboxylic acids is 1. The first kappa shape index (κ1) is 12.8. The third-order valence-electron chi connectivity index (χ3n) is 3.78. The Morgan fingerprint density at radius 3 is 2.60 bits per heavy atom. The first-order valence-electron chi connectivity index (χ1n) is 6.57. The molecular formula is C14H15NO5.